The second-order valence-electron chi connectivity index (χ2n) is 19.8. The summed E-state index contributed by atoms with van der Waals surface area (Å²) in [5, 5.41) is 21.9. The number of aromatic nitrogens is 8. The van der Waals surface area contributed by atoms with E-state index in [4.69, 9.17) is 43.8 Å². The van der Waals surface area contributed by atoms with Gasteiger partial charge >= 0.3 is 21.7 Å². The Morgan fingerprint density at radius 3 is 1.92 bits per heavy atom. The van der Waals surface area contributed by atoms with Gasteiger partial charge in [0.15, 0.2) is 34.8 Å². The molecule has 7 unspecified atom stereocenters. The van der Waals surface area contributed by atoms with E-state index < -0.39 is 132 Å². The van der Waals surface area contributed by atoms with E-state index in [2.05, 4.69) is 51.2 Å². The van der Waals surface area contributed by atoms with Crippen LogP contribution in [0.5, 0.6) is 0 Å². The Morgan fingerprint density at radius 1 is 0.771 bits per heavy atom. The summed E-state index contributed by atoms with van der Waals surface area (Å²) < 4.78 is 69.0. The average Bonchev–Trinajstić information content (AvgIpc) is 3.74. The predicted octanol–water partition coefficient (Wildman–Crippen LogP) is -1.04. The van der Waals surface area contributed by atoms with Crippen molar-refractivity contribution in [1.29, 1.82) is 0 Å². The number of ether oxygens (including phenoxy) is 3. The van der Waals surface area contributed by atoms with Crippen LogP contribution in [0.15, 0.2) is 58.7 Å². The van der Waals surface area contributed by atoms with E-state index in [9.17, 15) is 62.4 Å². The third kappa shape index (κ3) is 13.7. The summed E-state index contributed by atoms with van der Waals surface area (Å²) >= 11 is 0. The molecule has 13 N–H and O–H groups in total. The number of fused-ring (bicyclic) bond motifs is 4. The average molecular weight is 1200 g/mol. The van der Waals surface area contributed by atoms with Gasteiger partial charge in [0, 0.05) is 30.8 Å². The fourth-order valence-electron chi connectivity index (χ4n) is 9.36. The SMILES string of the molecule is CC(C)C(NC(=O)CCCCCN1C(=O)C=CC1=O)C(=O)N[C@@H](C)C(=O)Nc1ccc(COC(=O)NC2C3OP(=O)(O)OC[C@H]4O[C@@H](n5cnc6c(=O)[nH]c(N)nc65)C(O)C4OP(=O)(O)OC[C@H]3O[C@H]2n2cnc3c(=O)[nH]c(N)nc32)cc1. The molecular weight excluding hydrogens is 1140 g/mol. The van der Waals surface area contributed by atoms with Crippen molar-refractivity contribution in [2.75, 3.05) is 36.5 Å². The second-order valence-corrected chi connectivity index (χ2v) is 22.6. The molecule has 0 bridgehead atoms. The van der Waals surface area contributed by atoms with E-state index in [-0.39, 0.29) is 70.6 Å². The first-order valence-electron chi connectivity index (χ1n) is 25.6. The smallest absolute Gasteiger partial charge is 0.445 e. The van der Waals surface area contributed by atoms with Gasteiger partial charge in [0.2, 0.25) is 29.6 Å². The number of benzene rings is 1. The Bertz CT molecular complexity index is 3560. The number of imide groups is 1. The fraction of sp³-hybridized carbons (Fsp3) is 0.478. The number of H-pyrrole nitrogens is 2. The number of phosphoric acid groups is 2. The Hall–Kier alpha value is -7.82. The number of aliphatic hydroxyl groups is 1. The van der Waals surface area contributed by atoms with Crippen molar-refractivity contribution in [3.63, 3.8) is 0 Å². The molecule has 4 aromatic heterocycles. The largest absolute Gasteiger partial charge is 0.472 e. The van der Waals surface area contributed by atoms with Crippen LogP contribution in [0.2, 0.25) is 0 Å². The van der Waals surface area contributed by atoms with Crippen LogP contribution in [0.3, 0.4) is 0 Å². The molecule has 35 nitrogen and oxygen atoms in total. The number of nitrogens with zero attached hydrogens (tertiary/aromatic N) is 7. The summed E-state index contributed by atoms with van der Waals surface area (Å²) in [5.74, 6) is -3.41. The lowest BCUT2D eigenvalue weighted by Gasteiger charge is -2.29. The maximum Gasteiger partial charge on any atom is 0.472 e. The molecule has 0 aliphatic carbocycles. The molecule has 0 saturated carbocycles. The number of nitrogens with two attached hydrogens (primary N) is 2. The first-order valence-corrected chi connectivity index (χ1v) is 28.6. The number of unbranched alkanes of at least 4 members (excludes halogenated alkanes) is 2. The highest BCUT2D eigenvalue weighted by molar-refractivity contribution is 7.47. The van der Waals surface area contributed by atoms with Gasteiger partial charge in [-0.05, 0) is 43.4 Å². The summed E-state index contributed by atoms with van der Waals surface area (Å²) in [6.45, 7) is 2.72. The Balaban J connectivity index is 0.835. The van der Waals surface area contributed by atoms with Gasteiger partial charge in [-0.1, -0.05) is 32.4 Å². The first kappa shape index (κ1) is 59.8. The number of hydrogen-bond acceptors (Lipinski definition) is 24. The van der Waals surface area contributed by atoms with E-state index in [1.165, 1.54) is 43.3 Å². The van der Waals surface area contributed by atoms with E-state index in [0.717, 1.165) is 26.7 Å². The highest BCUT2D eigenvalue weighted by atomic mass is 31.2. The molecule has 3 saturated heterocycles. The lowest BCUT2D eigenvalue weighted by atomic mass is 10.0. The quantitative estimate of drug-likeness (QED) is 0.0301. The molecule has 1 aromatic carbocycles. The minimum atomic E-state index is -5.37. The summed E-state index contributed by atoms with van der Waals surface area (Å²) in [4.78, 5) is 146. The maximum absolute atomic E-state index is 13.9. The number of aromatic amines is 2. The number of rotatable bonds is 17. The molecule has 4 aliphatic rings. The lowest BCUT2D eigenvalue weighted by Crippen LogP contribution is -2.53. The molecule has 4 aliphatic heterocycles. The van der Waals surface area contributed by atoms with Crippen molar-refractivity contribution in [3.05, 3.63) is 75.3 Å². The number of nitrogens with one attached hydrogen (secondary N) is 6. The van der Waals surface area contributed by atoms with Gasteiger partial charge in [-0.2, -0.15) is 9.97 Å². The fourth-order valence-corrected chi connectivity index (χ4v) is 11.3. The number of anilines is 3. The highest BCUT2D eigenvalue weighted by Gasteiger charge is 2.55. The van der Waals surface area contributed by atoms with Gasteiger partial charge in [0.05, 0.1) is 25.9 Å². The summed E-state index contributed by atoms with van der Waals surface area (Å²) in [6, 6.07) is 2.24. The summed E-state index contributed by atoms with van der Waals surface area (Å²) in [5.41, 5.74) is 9.82. The first-order chi connectivity index (χ1) is 39.3. The number of imidazole rings is 2. The number of phosphoric ester groups is 2. The number of carbonyl (C=O) groups is 6. The van der Waals surface area contributed by atoms with E-state index >= 15 is 0 Å². The van der Waals surface area contributed by atoms with Crippen LogP contribution in [0.4, 0.5) is 22.4 Å². The van der Waals surface area contributed by atoms with Gasteiger partial charge in [0.1, 0.15) is 55.3 Å². The standard InChI is InChI=1S/C46H57N15O20P2/c1-20(2)29(53-26(62)7-5-4-6-14-59-27(63)12-13-28(59)64)39(67)51-21(3)38(66)52-23-10-8-22(9-11-23)15-75-46(70)54-30-34-24(78-42(30)60-18-49-31-36(60)55-44(47)57-40(31)68)16-76-83(73,74)81-35-25(17-77-82(71,72)80-34)79-43(33(35)65)61-19-50-32-37(61)56-45(48)58-41(32)69/h8-13,18-21,24-25,29-30,33-35,42-43,65H,4-7,14-17H2,1-3H3,(H,51,67)(H,52,66)(H,53,62)(H,54,70)(H,71,72)(H,73,74)(H3,47,55,57,68)(H3,48,56,58,69)/t21-,24+,25+,29?,30?,33?,34?,35?,42+,43+/m0/s1. The number of hydrogen-bond donors (Lipinski definition) is 11. The van der Waals surface area contributed by atoms with Gasteiger partial charge in [-0.3, -0.25) is 75.7 Å². The van der Waals surface area contributed by atoms with Crippen LogP contribution in [-0.4, -0.2) is 163 Å². The third-order valence-electron chi connectivity index (χ3n) is 13.5. The van der Waals surface area contributed by atoms with Crippen LogP contribution in [0, 0.1) is 5.92 Å². The second kappa shape index (κ2) is 24.6. The van der Waals surface area contributed by atoms with Gasteiger partial charge in [-0.15, -0.1) is 0 Å². The third-order valence-corrected chi connectivity index (χ3v) is 15.5. The van der Waals surface area contributed by atoms with E-state index in [1.54, 1.807) is 13.8 Å². The number of alkyl carbamates (subject to hydrolysis) is 1. The topological polar surface area (TPSA) is 492 Å². The van der Waals surface area contributed by atoms with Crippen LogP contribution < -0.4 is 43.9 Å². The minimum absolute atomic E-state index is 0.0889. The Morgan fingerprint density at radius 2 is 1.33 bits per heavy atom. The van der Waals surface area contributed by atoms with Crippen LogP contribution in [0.1, 0.15) is 64.5 Å². The highest BCUT2D eigenvalue weighted by Crippen LogP contribution is 2.54. The molecule has 5 aromatic rings. The van der Waals surface area contributed by atoms with E-state index in [1.807, 2.05) is 0 Å². The summed E-state index contributed by atoms with van der Waals surface area (Å²) in [7, 11) is -10.7. The zero-order valence-electron chi connectivity index (χ0n) is 44.1. The Kier molecular flexibility index (Phi) is 17.7. The Labute approximate surface area is 467 Å². The molecule has 0 spiro atoms. The zero-order valence-corrected chi connectivity index (χ0v) is 45.9. The van der Waals surface area contributed by atoms with Crippen LogP contribution >= 0.6 is 15.6 Å². The number of aliphatic hydroxyl groups excluding tert-OH is 1. The molecule has 0 radical (unpaired) electrons. The number of nitrogen functional groups attached to an aromatic ring is 2. The zero-order chi connectivity index (χ0) is 59.7. The molecule has 3 fully saturated rings. The molecule has 37 heteroatoms. The molecule has 6 amide bonds. The van der Waals surface area contributed by atoms with Gasteiger partial charge in [0.25, 0.3) is 22.9 Å². The van der Waals surface area contributed by atoms with Crippen molar-refractivity contribution in [3.8, 4) is 0 Å². The molecule has 12 atom stereocenters. The van der Waals surface area contributed by atoms with Crippen molar-refractivity contribution in [2.24, 2.45) is 5.92 Å². The van der Waals surface area contributed by atoms with Crippen molar-refractivity contribution < 1.29 is 85.1 Å². The van der Waals surface area contributed by atoms with Gasteiger partial charge < -0.3 is 61.8 Å². The summed E-state index contributed by atoms with van der Waals surface area (Å²) in [6.07, 6.45) is -7.19. The molecule has 446 valence electrons. The molecule has 83 heavy (non-hydrogen) atoms. The van der Waals surface area contributed by atoms with Crippen LogP contribution in [-0.2, 0) is 72.0 Å². The monoisotopic (exact) mass is 1200 g/mol. The normalized spacial score (nSPS) is 27.1. The molecule has 8 heterocycles. The van der Waals surface area contributed by atoms with Crippen molar-refractivity contribution in [2.45, 2.75) is 114 Å². The van der Waals surface area contributed by atoms with Crippen molar-refractivity contribution >= 4 is 91.2 Å². The number of amides is 6. The van der Waals surface area contributed by atoms with Crippen molar-refractivity contribution in [1.82, 2.24) is 59.9 Å². The van der Waals surface area contributed by atoms with Gasteiger partial charge in [-0.25, -0.2) is 23.9 Å². The maximum atomic E-state index is 13.9. The van der Waals surface area contributed by atoms with E-state index in [0.29, 0.717) is 24.8 Å². The number of carbonyl (C=O) groups excluding carboxylic acids is 6. The molecule has 9 rings (SSSR count). The molecular formula is C46H57N15O20P2. The minimum Gasteiger partial charge on any atom is -0.445 e. The van der Waals surface area contributed by atoms with Crippen LogP contribution in [0.25, 0.3) is 22.3 Å². The lowest BCUT2D eigenvalue weighted by molar-refractivity contribution is -0.137. The predicted molar refractivity (Wildman–Crippen MR) is 281 cm³/mol.